The van der Waals surface area contributed by atoms with E-state index in [4.69, 9.17) is 0 Å². The maximum atomic E-state index is 13.3. The fourth-order valence-electron chi connectivity index (χ4n) is 1.19. The van der Waals surface area contributed by atoms with Crippen LogP contribution < -0.4 is 10.6 Å². The smallest absolute Gasteiger partial charge is 0.319 e. The SMILES string of the molecule is CCCNC(=O)Nc1c(C)cccc1F. The fourth-order valence-corrected chi connectivity index (χ4v) is 1.19. The number of hydrogen-bond donors (Lipinski definition) is 2. The van der Waals surface area contributed by atoms with Gasteiger partial charge in [-0.15, -0.1) is 0 Å². The number of aryl methyl sites for hydroxylation is 1. The van der Waals surface area contributed by atoms with Crippen molar-refractivity contribution in [3.05, 3.63) is 29.6 Å². The van der Waals surface area contributed by atoms with Gasteiger partial charge in [-0.3, -0.25) is 0 Å². The van der Waals surface area contributed by atoms with Crippen LogP contribution >= 0.6 is 0 Å². The van der Waals surface area contributed by atoms with E-state index in [2.05, 4.69) is 10.6 Å². The van der Waals surface area contributed by atoms with Gasteiger partial charge in [-0.05, 0) is 25.0 Å². The molecule has 0 atom stereocenters. The molecule has 3 nitrogen and oxygen atoms in total. The summed E-state index contributed by atoms with van der Waals surface area (Å²) in [6.07, 6.45) is 0.851. The van der Waals surface area contributed by atoms with E-state index in [-0.39, 0.29) is 11.7 Å². The molecule has 0 heterocycles. The number of urea groups is 1. The van der Waals surface area contributed by atoms with E-state index in [9.17, 15) is 9.18 Å². The fraction of sp³-hybridized carbons (Fsp3) is 0.364. The van der Waals surface area contributed by atoms with Gasteiger partial charge in [0.05, 0.1) is 5.69 Å². The second kappa shape index (κ2) is 5.34. The summed E-state index contributed by atoms with van der Waals surface area (Å²) in [6, 6.07) is 4.31. The Hall–Kier alpha value is -1.58. The second-order valence-electron chi connectivity index (χ2n) is 3.31. The third kappa shape index (κ3) is 3.23. The molecule has 1 aromatic carbocycles. The molecule has 0 aliphatic heterocycles. The average molecular weight is 210 g/mol. The summed E-state index contributed by atoms with van der Waals surface area (Å²) in [4.78, 5) is 11.3. The molecule has 4 heteroatoms. The molecule has 1 aromatic rings. The van der Waals surface area contributed by atoms with Crippen LogP contribution in [0.3, 0.4) is 0 Å². The molecule has 0 fully saturated rings. The van der Waals surface area contributed by atoms with Gasteiger partial charge in [0, 0.05) is 6.54 Å². The highest BCUT2D eigenvalue weighted by atomic mass is 19.1. The van der Waals surface area contributed by atoms with Crippen LogP contribution in [0.15, 0.2) is 18.2 Å². The Kier molecular flexibility index (Phi) is 4.09. The molecular formula is C11H15FN2O. The summed E-state index contributed by atoms with van der Waals surface area (Å²) >= 11 is 0. The second-order valence-corrected chi connectivity index (χ2v) is 3.31. The normalized spacial score (nSPS) is 9.80. The lowest BCUT2D eigenvalue weighted by Gasteiger charge is -2.09. The topological polar surface area (TPSA) is 41.1 Å². The molecule has 15 heavy (non-hydrogen) atoms. The lowest BCUT2D eigenvalue weighted by Crippen LogP contribution is -2.29. The summed E-state index contributed by atoms with van der Waals surface area (Å²) < 4.78 is 13.3. The highest BCUT2D eigenvalue weighted by Crippen LogP contribution is 2.18. The molecule has 2 amide bonds. The Labute approximate surface area is 88.7 Å². The third-order valence-corrected chi connectivity index (χ3v) is 2.00. The molecule has 0 aliphatic carbocycles. The van der Waals surface area contributed by atoms with E-state index in [0.29, 0.717) is 12.1 Å². The quantitative estimate of drug-likeness (QED) is 0.791. The molecule has 82 valence electrons. The molecule has 1 rings (SSSR count). The number of halogens is 1. The van der Waals surface area contributed by atoms with Crippen molar-refractivity contribution in [2.75, 3.05) is 11.9 Å². The number of carbonyl (C=O) groups is 1. The summed E-state index contributed by atoms with van der Waals surface area (Å²) in [7, 11) is 0. The molecular weight excluding hydrogens is 195 g/mol. The minimum Gasteiger partial charge on any atom is -0.338 e. The minimum absolute atomic E-state index is 0.242. The van der Waals surface area contributed by atoms with Crippen molar-refractivity contribution < 1.29 is 9.18 Å². The Bertz CT molecular complexity index is 332. The van der Waals surface area contributed by atoms with Crippen LogP contribution in [0.2, 0.25) is 0 Å². The lowest BCUT2D eigenvalue weighted by molar-refractivity contribution is 0.252. The summed E-state index contributed by atoms with van der Waals surface area (Å²) in [5, 5.41) is 5.11. The van der Waals surface area contributed by atoms with Crippen molar-refractivity contribution in [2.24, 2.45) is 0 Å². The number of para-hydroxylation sites is 1. The van der Waals surface area contributed by atoms with Gasteiger partial charge >= 0.3 is 6.03 Å². The molecule has 0 aliphatic rings. The van der Waals surface area contributed by atoms with Crippen LogP contribution in [-0.2, 0) is 0 Å². The van der Waals surface area contributed by atoms with Crippen molar-refractivity contribution in [1.82, 2.24) is 5.32 Å². The van der Waals surface area contributed by atoms with Gasteiger partial charge in [0.25, 0.3) is 0 Å². The Morgan fingerprint density at radius 1 is 1.47 bits per heavy atom. The third-order valence-electron chi connectivity index (χ3n) is 2.00. The molecule has 2 N–H and O–H groups in total. The Balaban J connectivity index is 2.68. The van der Waals surface area contributed by atoms with Crippen LogP contribution in [0.5, 0.6) is 0 Å². The lowest BCUT2D eigenvalue weighted by atomic mass is 10.2. The number of anilines is 1. The highest BCUT2D eigenvalue weighted by Gasteiger charge is 2.07. The van der Waals surface area contributed by atoms with Crippen LogP contribution in [0, 0.1) is 12.7 Å². The van der Waals surface area contributed by atoms with Crippen LogP contribution in [-0.4, -0.2) is 12.6 Å². The van der Waals surface area contributed by atoms with Gasteiger partial charge in [0.15, 0.2) is 0 Å². The molecule has 0 bridgehead atoms. The number of benzene rings is 1. The molecule has 0 spiro atoms. The van der Waals surface area contributed by atoms with Crippen molar-refractivity contribution >= 4 is 11.7 Å². The van der Waals surface area contributed by atoms with Crippen LogP contribution in [0.25, 0.3) is 0 Å². The van der Waals surface area contributed by atoms with Gasteiger partial charge in [-0.1, -0.05) is 19.1 Å². The summed E-state index contributed by atoms with van der Waals surface area (Å²) in [6.45, 7) is 4.28. The first-order valence-electron chi connectivity index (χ1n) is 4.95. The molecule has 0 unspecified atom stereocenters. The summed E-state index contributed by atoms with van der Waals surface area (Å²) in [5.74, 6) is -0.415. The molecule has 0 radical (unpaired) electrons. The molecule has 0 saturated heterocycles. The first kappa shape index (κ1) is 11.5. The Morgan fingerprint density at radius 2 is 2.20 bits per heavy atom. The Morgan fingerprint density at radius 3 is 2.80 bits per heavy atom. The van der Waals surface area contributed by atoms with Gasteiger partial charge in [0.2, 0.25) is 0 Å². The van der Waals surface area contributed by atoms with Crippen molar-refractivity contribution in [1.29, 1.82) is 0 Å². The largest absolute Gasteiger partial charge is 0.338 e. The maximum absolute atomic E-state index is 13.3. The van der Waals surface area contributed by atoms with Gasteiger partial charge in [0.1, 0.15) is 5.82 Å². The summed E-state index contributed by atoms with van der Waals surface area (Å²) in [5.41, 5.74) is 0.952. The number of nitrogens with one attached hydrogen (secondary N) is 2. The van der Waals surface area contributed by atoms with Gasteiger partial charge in [-0.25, -0.2) is 9.18 Å². The van der Waals surface area contributed by atoms with E-state index in [1.807, 2.05) is 6.92 Å². The van der Waals surface area contributed by atoms with E-state index < -0.39 is 5.82 Å². The first-order valence-corrected chi connectivity index (χ1v) is 4.95. The number of carbonyl (C=O) groups excluding carboxylic acids is 1. The number of hydrogen-bond acceptors (Lipinski definition) is 1. The molecule has 0 saturated carbocycles. The minimum atomic E-state index is -0.415. The average Bonchev–Trinajstić information content (AvgIpc) is 2.21. The van der Waals surface area contributed by atoms with E-state index in [1.165, 1.54) is 6.07 Å². The zero-order valence-corrected chi connectivity index (χ0v) is 8.93. The predicted molar refractivity (Wildman–Crippen MR) is 58.4 cm³/mol. The molecule has 0 aromatic heterocycles. The number of rotatable bonds is 3. The standard InChI is InChI=1S/C11H15FN2O/c1-3-7-13-11(15)14-10-8(2)5-4-6-9(10)12/h4-6H,3,7H2,1-2H3,(H2,13,14,15). The van der Waals surface area contributed by atoms with Gasteiger partial charge in [-0.2, -0.15) is 0 Å². The predicted octanol–water partition coefficient (Wildman–Crippen LogP) is 2.67. The zero-order chi connectivity index (χ0) is 11.3. The van der Waals surface area contributed by atoms with Crippen molar-refractivity contribution in [3.63, 3.8) is 0 Å². The van der Waals surface area contributed by atoms with E-state index >= 15 is 0 Å². The first-order chi connectivity index (χ1) is 7.15. The number of amides is 2. The highest BCUT2D eigenvalue weighted by molar-refractivity contribution is 5.90. The van der Waals surface area contributed by atoms with Crippen molar-refractivity contribution in [2.45, 2.75) is 20.3 Å². The maximum Gasteiger partial charge on any atom is 0.319 e. The van der Waals surface area contributed by atoms with Crippen molar-refractivity contribution in [3.8, 4) is 0 Å². The van der Waals surface area contributed by atoms with Crippen LogP contribution in [0.4, 0.5) is 14.9 Å². The van der Waals surface area contributed by atoms with Gasteiger partial charge < -0.3 is 10.6 Å². The van der Waals surface area contributed by atoms with E-state index in [0.717, 1.165) is 6.42 Å². The zero-order valence-electron chi connectivity index (χ0n) is 8.93. The van der Waals surface area contributed by atoms with E-state index in [1.54, 1.807) is 19.1 Å². The van der Waals surface area contributed by atoms with Crippen LogP contribution in [0.1, 0.15) is 18.9 Å². The monoisotopic (exact) mass is 210 g/mol.